The van der Waals surface area contributed by atoms with Crippen molar-refractivity contribution < 1.29 is 5.11 Å². The normalized spacial score (nSPS) is 10.2. The van der Waals surface area contributed by atoms with Gasteiger partial charge in [-0.05, 0) is 18.6 Å². The molecule has 0 aromatic heterocycles. The van der Waals surface area contributed by atoms with Gasteiger partial charge < -0.3 is 15.7 Å². The van der Waals surface area contributed by atoms with Crippen LogP contribution in [0.15, 0.2) is 24.3 Å². The Morgan fingerprint density at radius 1 is 1.36 bits per heavy atom. The first-order chi connectivity index (χ1) is 6.83. The lowest BCUT2D eigenvalue weighted by Gasteiger charge is -2.24. The summed E-state index contributed by atoms with van der Waals surface area (Å²) in [5.41, 5.74) is 7.91. The lowest BCUT2D eigenvalue weighted by Crippen LogP contribution is -2.27. The summed E-state index contributed by atoms with van der Waals surface area (Å²) < 4.78 is 0. The Balaban J connectivity index is 2.90. The smallest absolute Gasteiger partial charge is 0.0606 e. The molecular formula is C11H18N2O. The van der Waals surface area contributed by atoms with Crippen molar-refractivity contribution in [2.45, 2.75) is 13.5 Å². The molecule has 0 saturated carbocycles. The van der Waals surface area contributed by atoms with E-state index in [1.54, 1.807) is 0 Å². The molecular weight excluding hydrogens is 176 g/mol. The minimum atomic E-state index is 0.173. The Hall–Kier alpha value is -1.06. The van der Waals surface area contributed by atoms with Crippen LogP contribution in [0.25, 0.3) is 0 Å². The topological polar surface area (TPSA) is 49.5 Å². The van der Waals surface area contributed by atoms with Crippen LogP contribution in [0.5, 0.6) is 0 Å². The minimum absolute atomic E-state index is 0.173. The van der Waals surface area contributed by atoms with Gasteiger partial charge in [-0.2, -0.15) is 0 Å². The van der Waals surface area contributed by atoms with Crippen molar-refractivity contribution in [3.63, 3.8) is 0 Å². The van der Waals surface area contributed by atoms with E-state index in [1.165, 1.54) is 0 Å². The minimum Gasteiger partial charge on any atom is -0.395 e. The van der Waals surface area contributed by atoms with Gasteiger partial charge in [0, 0.05) is 25.3 Å². The highest BCUT2D eigenvalue weighted by Gasteiger charge is 2.06. The molecule has 0 radical (unpaired) electrons. The highest BCUT2D eigenvalue weighted by atomic mass is 16.3. The number of hydrogen-bond donors (Lipinski definition) is 2. The molecule has 1 rings (SSSR count). The van der Waals surface area contributed by atoms with Gasteiger partial charge in [-0.25, -0.2) is 0 Å². The second-order valence-corrected chi connectivity index (χ2v) is 3.14. The van der Waals surface area contributed by atoms with E-state index in [1.807, 2.05) is 24.3 Å². The number of aliphatic hydroxyl groups excluding tert-OH is 1. The lowest BCUT2D eigenvalue weighted by atomic mass is 10.1. The fourth-order valence-corrected chi connectivity index (χ4v) is 1.56. The van der Waals surface area contributed by atoms with Crippen molar-refractivity contribution >= 4 is 5.69 Å². The maximum atomic E-state index is 8.92. The number of aliphatic hydroxyl groups is 1. The predicted octanol–water partition coefficient (Wildman–Crippen LogP) is 0.964. The van der Waals surface area contributed by atoms with Crippen LogP contribution < -0.4 is 10.6 Å². The van der Waals surface area contributed by atoms with Gasteiger partial charge in [0.25, 0.3) is 0 Å². The predicted molar refractivity (Wildman–Crippen MR) is 59.3 cm³/mol. The van der Waals surface area contributed by atoms with Crippen molar-refractivity contribution in [2.24, 2.45) is 5.73 Å². The molecule has 3 nitrogen and oxygen atoms in total. The first-order valence-electron chi connectivity index (χ1n) is 4.97. The average molecular weight is 194 g/mol. The van der Waals surface area contributed by atoms with Gasteiger partial charge in [0.1, 0.15) is 0 Å². The SMILES string of the molecule is CCN(CCO)c1ccccc1CN. The van der Waals surface area contributed by atoms with Gasteiger partial charge in [-0.15, -0.1) is 0 Å². The summed E-state index contributed by atoms with van der Waals surface area (Å²) in [7, 11) is 0. The Labute approximate surface area is 85.2 Å². The molecule has 0 aliphatic heterocycles. The third-order valence-corrected chi connectivity index (χ3v) is 2.30. The highest BCUT2D eigenvalue weighted by Crippen LogP contribution is 2.19. The van der Waals surface area contributed by atoms with Crippen molar-refractivity contribution in [1.82, 2.24) is 0 Å². The number of likely N-dealkylation sites (N-methyl/N-ethyl adjacent to an activating group) is 1. The van der Waals surface area contributed by atoms with Crippen LogP contribution >= 0.6 is 0 Å². The number of hydrogen-bond acceptors (Lipinski definition) is 3. The summed E-state index contributed by atoms with van der Waals surface area (Å²) in [4.78, 5) is 2.13. The maximum absolute atomic E-state index is 8.92. The molecule has 14 heavy (non-hydrogen) atoms. The summed E-state index contributed by atoms with van der Waals surface area (Å²) in [6, 6.07) is 8.05. The van der Waals surface area contributed by atoms with Gasteiger partial charge in [0.05, 0.1) is 6.61 Å². The van der Waals surface area contributed by atoms with Crippen molar-refractivity contribution in [1.29, 1.82) is 0 Å². The zero-order valence-corrected chi connectivity index (χ0v) is 8.61. The highest BCUT2D eigenvalue weighted by molar-refractivity contribution is 5.53. The first kappa shape index (κ1) is 11.0. The molecule has 78 valence electrons. The number of nitrogens with zero attached hydrogens (tertiary/aromatic N) is 1. The molecule has 3 heteroatoms. The average Bonchev–Trinajstić information content (AvgIpc) is 2.26. The van der Waals surface area contributed by atoms with E-state index in [4.69, 9.17) is 10.8 Å². The van der Waals surface area contributed by atoms with Crippen LogP contribution in [0.2, 0.25) is 0 Å². The molecule has 0 aliphatic carbocycles. The molecule has 0 spiro atoms. The zero-order chi connectivity index (χ0) is 10.4. The fourth-order valence-electron chi connectivity index (χ4n) is 1.56. The van der Waals surface area contributed by atoms with E-state index < -0.39 is 0 Å². The molecule has 0 atom stereocenters. The zero-order valence-electron chi connectivity index (χ0n) is 8.61. The first-order valence-corrected chi connectivity index (χ1v) is 4.97. The van der Waals surface area contributed by atoms with E-state index in [0.717, 1.165) is 17.8 Å². The van der Waals surface area contributed by atoms with E-state index in [9.17, 15) is 0 Å². The number of nitrogens with two attached hydrogens (primary N) is 1. The largest absolute Gasteiger partial charge is 0.395 e. The third-order valence-electron chi connectivity index (χ3n) is 2.30. The Morgan fingerprint density at radius 3 is 2.64 bits per heavy atom. The maximum Gasteiger partial charge on any atom is 0.0606 e. The van der Waals surface area contributed by atoms with E-state index in [-0.39, 0.29) is 6.61 Å². The second kappa shape index (κ2) is 5.62. The molecule has 3 N–H and O–H groups in total. The van der Waals surface area contributed by atoms with Crippen LogP contribution in [0.3, 0.4) is 0 Å². The van der Waals surface area contributed by atoms with Gasteiger partial charge in [-0.3, -0.25) is 0 Å². The molecule has 0 bridgehead atoms. The number of anilines is 1. The van der Waals surface area contributed by atoms with E-state index in [0.29, 0.717) is 13.1 Å². The molecule has 0 unspecified atom stereocenters. The van der Waals surface area contributed by atoms with Crippen LogP contribution in [-0.4, -0.2) is 24.8 Å². The molecule has 0 amide bonds. The van der Waals surface area contributed by atoms with Gasteiger partial charge in [0.2, 0.25) is 0 Å². The Kier molecular flexibility index (Phi) is 4.43. The quantitative estimate of drug-likeness (QED) is 0.734. The molecule has 1 aromatic rings. The van der Waals surface area contributed by atoms with Crippen molar-refractivity contribution in [3.8, 4) is 0 Å². The van der Waals surface area contributed by atoms with Crippen LogP contribution in [-0.2, 0) is 6.54 Å². The standard InChI is InChI=1S/C11H18N2O/c1-2-13(7-8-14)11-6-4-3-5-10(11)9-12/h3-6,14H,2,7-9,12H2,1H3. The van der Waals surface area contributed by atoms with Gasteiger partial charge >= 0.3 is 0 Å². The van der Waals surface area contributed by atoms with Crippen LogP contribution in [0.4, 0.5) is 5.69 Å². The number of para-hydroxylation sites is 1. The van der Waals surface area contributed by atoms with Crippen LogP contribution in [0, 0.1) is 0 Å². The van der Waals surface area contributed by atoms with Gasteiger partial charge in [0.15, 0.2) is 0 Å². The Bertz CT molecular complexity index is 276. The summed E-state index contributed by atoms with van der Waals surface area (Å²) in [5.74, 6) is 0. The second-order valence-electron chi connectivity index (χ2n) is 3.14. The fraction of sp³-hybridized carbons (Fsp3) is 0.455. The monoisotopic (exact) mass is 194 g/mol. The summed E-state index contributed by atoms with van der Waals surface area (Å²) in [6.07, 6.45) is 0. The number of rotatable bonds is 5. The number of benzene rings is 1. The molecule has 0 aliphatic rings. The molecule has 1 aromatic carbocycles. The molecule has 0 saturated heterocycles. The lowest BCUT2D eigenvalue weighted by molar-refractivity contribution is 0.302. The summed E-state index contributed by atoms with van der Waals surface area (Å²) >= 11 is 0. The summed E-state index contributed by atoms with van der Waals surface area (Å²) in [5, 5.41) is 8.92. The van der Waals surface area contributed by atoms with E-state index >= 15 is 0 Å². The Morgan fingerprint density at radius 2 is 2.07 bits per heavy atom. The third kappa shape index (κ3) is 2.47. The van der Waals surface area contributed by atoms with Gasteiger partial charge in [-0.1, -0.05) is 18.2 Å². The van der Waals surface area contributed by atoms with Crippen LogP contribution in [0.1, 0.15) is 12.5 Å². The molecule has 0 heterocycles. The van der Waals surface area contributed by atoms with Crippen molar-refractivity contribution in [3.05, 3.63) is 29.8 Å². The van der Waals surface area contributed by atoms with E-state index in [2.05, 4.69) is 11.8 Å². The molecule has 0 fully saturated rings. The summed E-state index contributed by atoms with van der Waals surface area (Å²) in [6.45, 7) is 4.33. The van der Waals surface area contributed by atoms with Crippen molar-refractivity contribution in [2.75, 3.05) is 24.6 Å².